The van der Waals surface area contributed by atoms with Gasteiger partial charge in [-0.15, -0.1) is 0 Å². The first-order chi connectivity index (χ1) is 6.06. The van der Waals surface area contributed by atoms with E-state index in [-0.39, 0.29) is 21.9 Å². The minimum Gasteiger partial charge on any atom is -0.398 e. The van der Waals surface area contributed by atoms with E-state index >= 15 is 0 Å². The van der Waals surface area contributed by atoms with Crippen molar-refractivity contribution >= 4 is 33.2 Å². The van der Waals surface area contributed by atoms with Crippen molar-refractivity contribution in [3.05, 3.63) is 22.5 Å². The van der Waals surface area contributed by atoms with Crippen LogP contribution in [0.4, 0.5) is 14.5 Å². The van der Waals surface area contributed by atoms with E-state index in [2.05, 4.69) is 20.9 Å². The molecule has 1 heterocycles. The summed E-state index contributed by atoms with van der Waals surface area (Å²) in [5.74, 6) is 0. The number of rotatable bonds is 2. The molecule has 0 spiro atoms. The summed E-state index contributed by atoms with van der Waals surface area (Å²) in [6, 6.07) is 1.35. The highest BCUT2D eigenvalue weighted by atomic mass is 79.9. The van der Waals surface area contributed by atoms with Crippen LogP contribution in [0.25, 0.3) is 0 Å². The van der Waals surface area contributed by atoms with E-state index in [0.29, 0.717) is 5.56 Å². The lowest BCUT2D eigenvalue weighted by molar-refractivity contribution is 0.145. The SMILES string of the molecule is Nc1cc(Cl)nc(C(F)F)c1CBr. The molecular formula is C7H6BrClF2N2. The third-order valence-corrected chi connectivity index (χ3v) is 2.25. The van der Waals surface area contributed by atoms with Gasteiger partial charge in [0.2, 0.25) is 0 Å². The Morgan fingerprint density at radius 2 is 2.23 bits per heavy atom. The fourth-order valence-corrected chi connectivity index (χ4v) is 1.72. The van der Waals surface area contributed by atoms with Crippen molar-refractivity contribution in [2.24, 2.45) is 0 Å². The molecular weight excluding hydrogens is 265 g/mol. The van der Waals surface area contributed by atoms with Gasteiger partial charge in [0.1, 0.15) is 10.8 Å². The van der Waals surface area contributed by atoms with Crippen LogP contribution in [-0.2, 0) is 5.33 Å². The second kappa shape index (κ2) is 4.19. The Bertz CT molecular complexity index is 320. The van der Waals surface area contributed by atoms with Crippen molar-refractivity contribution in [1.82, 2.24) is 4.98 Å². The summed E-state index contributed by atoms with van der Waals surface area (Å²) in [6.45, 7) is 0. The Kier molecular flexibility index (Phi) is 3.44. The summed E-state index contributed by atoms with van der Waals surface area (Å²) in [6.07, 6.45) is -2.66. The van der Waals surface area contributed by atoms with Gasteiger partial charge in [-0.2, -0.15) is 0 Å². The van der Waals surface area contributed by atoms with Crippen molar-refractivity contribution in [1.29, 1.82) is 0 Å². The number of aromatic nitrogens is 1. The molecule has 0 aliphatic rings. The minimum absolute atomic E-state index is 0.0162. The van der Waals surface area contributed by atoms with Crippen LogP contribution in [0.5, 0.6) is 0 Å². The first-order valence-corrected chi connectivity index (χ1v) is 4.85. The standard InChI is InChI=1S/C7H6BrClF2N2/c8-2-3-4(12)1-5(9)13-6(3)7(10)11/h1,7H,2H2,(H2,12,13). The number of anilines is 1. The third-order valence-electron chi connectivity index (χ3n) is 1.50. The van der Waals surface area contributed by atoms with Crippen LogP contribution in [0.2, 0.25) is 5.15 Å². The van der Waals surface area contributed by atoms with Gasteiger partial charge in [0.05, 0.1) is 0 Å². The van der Waals surface area contributed by atoms with Crippen LogP contribution in [-0.4, -0.2) is 4.98 Å². The summed E-state index contributed by atoms with van der Waals surface area (Å²) in [4.78, 5) is 3.51. The molecule has 72 valence electrons. The van der Waals surface area contributed by atoms with Gasteiger partial charge in [-0.25, -0.2) is 13.8 Å². The van der Waals surface area contributed by atoms with Crippen LogP contribution < -0.4 is 5.73 Å². The molecule has 1 aromatic heterocycles. The van der Waals surface area contributed by atoms with E-state index in [0.717, 1.165) is 0 Å². The molecule has 0 bridgehead atoms. The molecule has 0 aromatic carbocycles. The molecule has 1 rings (SSSR count). The quantitative estimate of drug-likeness (QED) is 0.663. The van der Waals surface area contributed by atoms with Crippen LogP contribution in [0.15, 0.2) is 6.07 Å². The summed E-state index contributed by atoms with van der Waals surface area (Å²) >= 11 is 8.54. The molecule has 0 aliphatic carbocycles. The molecule has 2 N–H and O–H groups in total. The average Bonchev–Trinajstić information content (AvgIpc) is 2.02. The highest BCUT2D eigenvalue weighted by molar-refractivity contribution is 9.08. The molecule has 13 heavy (non-hydrogen) atoms. The van der Waals surface area contributed by atoms with E-state index in [1.807, 2.05) is 0 Å². The number of nitrogens with two attached hydrogens (primary N) is 1. The summed E-state index contributed by atoms with van der Waals surface area (Å²) in [5.41, 5.74) is 5.64. The van der Waals surface area contributed by atoms with Gasteiger partial charge in [0.25, 0.3) is 6.43 Å². The van der Waals surface area contributed by atoms with Crippen LogP contribution in [0, 0.1) is 0 Å². The summed E-state index contributed by atoms with van der Waals surface area (Å²) in [5, 5.41) is 0.223. The Hall–Kier alpha value is -0.420. The number of halogens is 4. The highest BCUT2D eigenvalue weighted by Crippen LogP contribution is 2.29. The van der Waals surface area contributed by atoms with Gasteiger partial charge >= 0.3 is 0 Å². The first kappa shape index (κ1) is 10.7. The predicted molar refractivity (Wildman–Crippen MR) is 51.2 cm³/mol. The van der Waals surface area contributed by atoms with Crippen LogP contribution in [0.1, 0.15) is 17.7 Å². The van der Waals surface area contributed by atoms with E-state index in [9.17, 15) is 8.78 Å². The number of pyridine rings is 1. The number of nitrogen functional groups attached to an aromatic ring is 1. The van der Waals surface area contributed by atoms with Gasteiger partial charge in [0, 0.05) is 16.6 Å². The molecule has 0 saturated heterocycles. The van der Waals surface area contributed by atoms with Crippen molar-refractivity contribution in [3.63, 3.8) is 0 Å². The molecule has 0 atom stereocenters. The van der Waals surface area contributed by atoms with E-state index in [1.54, 1.807) is 0 Å². The molecule has 0 amide bonds. The van der Waals surface area contributed by atoms with E-state index in [4.69, 9.17) is 17.3 Å². The van der Waals surface area contributed by atoms with Crippen LogP contribution >= 0.6 is 27.5 Å². The molecule has 1 aromatic rings. The summed E-state index contributed by atoms with van der Waals surface area (Å²) < 4.78 is 24.8. The van der Waals surface area contributed by atoms with Crippen molar-refractivity contribution in [2.75, 3.05) is 5.73 Å². The van der Waals surface area contributed by atoms with Gasteiger partial charge in [-0.05, 0) is 6.07 Å². The number of hydrogen-bond acceptors (Lipinski definition) is 2. The Balaban J connectivity index is 3.29. The lowest BCUT2D eigenvalue weighted by Gasteiger charge is -2.08. The molecule has 0 fully saturated rings. The first-order valence-electron chi connectivity index (χ1n) is 3.35. The van der Waals surface area contributed by atoms with Crippen molar-refractivity contribution < 1.29 is 8.78 Å². The molecule has 0 saturated carbocycles. The zero-order valence-corrected chi connectivity index (χ0v) is 8.74. The summed E-state index contributed by atoms with van der Waals surface area (Å²) in [7, 11) is 0. The largest absolute Gasteiger partial charge is 0.398 e. The monoisotopic (exact) mass is 270 g/mol. The zero-order chi connectivity index (χ0) is 10.0. The lowest BCUT2D eigenvalue weighted by atomic mass is 10.2. The van der Waals surface area contributed by atoms with Gasteiger partial charge in [-0.3, -0.25) is 0 Å². The average molecular weight is 271 g/mol. The second-order valence-corrected chi connectivity index (χ2v) is 3.28. The van der Waals surface area contributed by atoms with Crippen LogP contribution in [0.3, 0.4) is 0 Å². The number of alkyl halides is 3. The zero-order valence-electron chi connectivity index (χ0n) is 6.40. The maximum atomic E-state index is 12.4. The molecule has 0 unspecified atom stereocenters. The minimum atomic E-state index is -2.66. The maximum Gasteiger partial charge on any atom is 0.280 e. The van der Waals surface area contributed by atoms with E-state index < -0.39 is 6.43 Å². The molecule has 0 radical (unpaired) electrons. The topological polar surface area (TPSA) is 38.9 Å². The molecule has 2 nitrogen and oxygen atoms in total. The Morgan fingerprint density at radius 3 is 2.69 bits per heavy atom. The maximum absolute atomic E-state index is 12.4. The van der Waals surface area contributed by atoms with E-state index in [1.165, 1.54) is 6.07 Å². The van der Waals surface area contributed by atoms with Crippen molar-refractivity contribution in [3.8, 4) is 0 Å². The van der Waals surface area contributed by atoms with Gasteiger partial charge in [0.15, 0.2) is 0 Å². The normalized spacial score (nSPS) is 10.8. The number of hydrogen-bond donors (Lipinski definition) is 1. The lowest BCUT2D eigenvalue weighted by Crippen LogP contribution is -2.02. The van der Waals surface area contributed by atoms with Gasteiger partial charge < -0.3 is 5.73 Å². The van der Waals surface area contributed by atoms with Gasteiger partial charge in [-0.1, -0.05) is 27.5 Å². The third kappa shape index (κ3) is 2.28. The Morgan fingerprint density at radius 1 is 1.62 bits per heavy atom. The Labute approximate surface area is 87.2 Å². The predicted octanol–water partition coefficient (Wildman–Crippen LogP) is 3.15. The smallest absolute Gasteiger partial charge is 0.280 e. The highest BCUT2D eigenvalue weighted by Gasteiger charge is 2.17. The number of nitrogens with zero attached hydrogens (tertiary/aromatic N) is 1. The fraction of sp³-hybridized carbons (Fsp3) is 0.286. The fourth-order valence-electron chi connectivity index (χ4n) is 0.904. The molecule has 6 heteroatoms. The molecule has 0 aliphatic heterocycles. The second-order valence-electron chi connectivity index (χ2n) is 2.33. The van der Waals surface area contributed by atoms with Crippen molar-refractivity contribution in [2.45, 2.75) is 11.8 Å².